The maximum Gasteiger partial charge on any atom is 0.363 e. The minimum Gasteiger partial charge on any atom is -0.354 e. The van der Waals surface area contributed by atoms with Crippen LogP contribution in [-0.4, -0.2) is 61.1 Å². The molecule has 154 valence electrons. The summed E-state index contributed by atoms with van der Waals surface area (Å²) in [7, 11) is -4.03. The summed E-state index contributed by atoms with van der Waals surface area (Å²) in [6.45, 7) is -0.0522. The number of hydrogen-bond donors (Lipinski definition) is 1. The summed E-state index contributed by atoms with van der Waals surface area (Å²) >= 11 is 0. The van der Waals surface area contributed by atoms with Crippen LogP contribution in [-0.2, 0) is 19.7 Å². The van der Waals surface area contributed by atoms with Gasteiger partial charge in [0.15, 0.2) is 0 Å². The lowest BCUT2D eigenvalue weighted by Crippen LogP contribution is -2.49. The largest absolute Gasteiger partial charge is 0.363 e. The number of hydrogen-bond acceptors (Lipinski definition) is 7. The second-order valence-electron chi connectivity index (χ2n) is 6.55. The topological polar surface area (TPSA) is 130 Å². The first-order valence-electron chi connectivity index (χ1n) is 8.86. The molecule has 10 nitrogen and oxygen atoms in total. The van der Waals surface area contributed by atoms with E-state index in [1.807, 2.05) is 0 Å². The highest BCUT2D eigenvalue weighted by molar-refractivity contribution is 7.89. The summed E-state index contributed by atoms with van der Waals surface area (Å²) < 4.78 is 26.6. The van der Waals surface area contributed by atoms with Crippen LogP contribution in [0.2, 0.25) is 0 Å². The highest BCUT2D eigenvalue weighted by atomic mass is 32.2. The Bertz CT molecular complexity index is 1160. The Hall–Kier alpha value is -3.57. The number of amides is 3. The van der Waals surface area contributed by atoms with Crippen molar-refractivity contribution in [1.29, 1.82) is 0 Å². The number of nitrogens with zero attached hydrogens (tertiary/aromatic N) is 2. The third-order valence-corrected chi connectivity index (χ3v) is 6.48. The number of nitrogens with one attached hydrogen (secondary N) is 1. The molecule has 1 fully saturated rings. The Balaban J connectivity index is 1.56. The van der Waals surface area contributed by atoms with Crippen LogP contribution in [0.3, 0.4) is 0 Å². The second-order valence-corrected chi connectivity index (χ2v) is 8.48. The van der Waals surface area contributed by atoms with Crippen LogP contribution in [0.25, 0.3) is 0 Å². The van der Waals surface area contributed by atoms with Gasteiger partial charge in [0.2, 0.25) is 15.9 Å². The van der Waals surface area contributed by atoms with E-state index in [-0.39, 0.29) is 41.2 Å². The third kappa shape index (κ3) is 3.33. The van der Waals surface area contributed by atoms with Gasteiger partial charge >= 0.3 is 5.97 Å². The fraction of sp³-hybridized carbons (Fsp3) is 0.158. The van der Waals surface area contributed by atoms with Crippen molar-refractivity contribution < 1.29 is 32.4 Å². The Morgan fingerprint density at radius 2 is 1.63 bits per heavy atom. The first-order valence-corrected chi connectivity index (χ1v) is 10.3. The van der Waals surface area contributed by atoms with Crippen LogP contribution in [0.15, 0.2) is 53.4 Å². The Labute approximate surface area is 171 Å². The molecule has 30 heavy (non-hydrogen) atoms. The molecule has 1 saturated heterocycles. The highest BCUT2D eigenvalue weighted by Gasteiger charge is 2.39. The standard InChI is InChI=1S/C19H15N3O7S/c23-16-11-21(9-8-20-16)30(27,28)13-5-3-4-12(10-13)19(26)29-22-17(24)14-6-1-2-7-15(14)18(22)25/h1-7,10H,8-9,11H2,(H,20,23). The number of rotatable bonds is 4. The van der Waals surface area contributed by atoms with Crippen LogP contribution in [0.1, 0.15) is 31.1 Å². The molecule has 0 unspecified atom stereocenters. The SMILES string of the molecule is O=C1CN(S(=O)(=O)c2cccc(C(=O)ON3C(=O)c4ccccc4C3=O)c2)CCN1. The maximum absolute atomic E-state index is 12.8. The fourth-order valence-electron chi connectivity index (χ4n) is 3.14. The zero-order chi connectivity index (χ0) is 21.5. The van der Waals surface area contributed by atoms with Gasteiger partial charge < -0.3 is 10.2 Å². The van der Waals surface area contributed by atoms with Gasteiger partial charge in [-0.1, -0.05) is 23.3 Å². The van der Waals surface area contributed by atoms with Gasteiger partial charge in [-0.25, -0.2) is 13.2 Å². The average molecular weight is 429 g/mol. The van der Waals surface area contributed by atoms with Crippen molar-refractivity contribution >= 4 is 33.7 Å². The third-order valence-electron chi connectivity index (χ3n) is 4.64. The van der Waals surface area contributed by atoms with Crippen molar-refractivity contribution in [3.63, 3.8) is 0 Å². The smallest absolute Gasteiger partial charge is 0.354 e. The molecule has 0 radical (unpaired) electrons. The number of benzene rings is 2. The predicted octanol–water partition coefficient (Wildman–Crippen LogP) is 0.175. The monoisotopic (exact) mass is 429 g/mol. The van der Waals surface area contributed by atoms with E-state index in [0.717, 1.165) is 10.4 Å². The molecule has 2 aliphatic rings. The molecule has 0 bridgehead atoms. The lowest BCUT2D eigenvalue weighted by atomic mass is 10.1. The molecule has 0 saturated carbocycles. The number of imide groups is 1. The minimum atomic E-state index is -4.03. The molecule has 0 aliphatic carbocycles. The molecule has 2 aliphatic heterocycles. The van der Waals surface area contributed by atoms with Crippen LogP contribution in [0, 0.1) is 0 Å². The van der Waals surface area contributed by atoms with E-state index in [0.29, 0.717) is 5.06 Å². The van der Waals surface area contributed by atoms with Gasteiger partial charge in [0, 0.05) is 13.1 Å². The van der Waals surface area contributed by atoms with Gasteiger partial charge in [-0.05, 0) is 30.3 Å². The van der Waals surface area contributed by atoms with Gasteiger partial charge in [0.25, 0.3) is 11.8 Å². The second kappa shape index (κ2) is 7.35. The van der Waals surface area contributed by atoms with Crippen molar-refractivity contribution in [2.24, 2.45) is 0 Å². The fourth-order valence-corrected chi connectivity index (χ4v) is 4.58. The lowest BCUT2D eigenvalue weighted by molar-refractivity contribution is -0.122. The van der Waals surface area contributed by atoms with Gasteiger partial charge in [-0.2, -0.15) is 4.31 Å². The quantitative estimate of drug-likeness (QED) is 0.686. The summed E-state index contributed by atoms with van der Waals surface area (Å²) in [5, 5.41) is 2.88. The van der Waals surface area contributed by atoms with Gasteiger partial charge in [-0.3, -0.25) is 14.4 Å². The minimum absolute atomic E-state index is 0.0950. The molecule has 4 rings (SSSR count). The number of sulfonamides is 1. The number of carbonyl (C=O) groups is 4. The van der Waals surface area contributed by atoms with E-state index in [1.165, 1.54) is 30.3 Å². The normalized spacial score (nSPS) is 16.9. The molecule has 3 amide bonds. The van der Waals surface area contributed by atoms with Crippen molar-refractivity contribution in [2.45, 2.75) is 4.90 Å². The Morgan fingerprint density at radius 1 is 0.967 bits per heavy atom. The van der Waals surface area contributed by atoms with Crippen LogP contribution in [0.5, 0.6) is 0 Å². The molecule has 0 spiro atoms. The first kappa shape index (κ1) is 19.7. The molecule has 0 aromatic heterocycles. The van der Waals surface area contributed by atoms with E-state index in [1.54, 1.807) is 12.1 Å². The maximum atomic E-state index is 12.8. The zero-order valence-electron chi connectivity index (χ0n) is 15.4. The number of carbonyl (C=O) groups excluding carboxylic acids is 4. The van der Waals surface area contributed by atoms with Gasteiger partial charge in [-0.15, -0.1) is 0 Å². The number of hydroxylamine groups is 2. The molecule has 2 heterocycles. The van der Waals surface area contributed by atoms with E-state index in [9.17, 15) is 27.6 Å². The summed E-state index contributed by atoms with van der Waals surface area (Å²) in [5.41, 5.74) is 0.0408. The van der Waals surface area contributed by atoms with E-state index < -0.39 is 33.7 Å². The van der Waals surface area contributed by atoms with E-state index in [4.69, 9.17) is 4.84 Å². The highest BCUT2D eigenvalue weighted by Crippen LogP contribution is 2.24. The molecule has 0 atom stereocenters. The van der Waals surface area contributed by atoms with Gasteiger partial charge in [0.1, 0.15) is 0 Å². The number of fused-ring (bicyclic) bond motifs is 1. The van der Waals surface area contributed by atoms with Crippen LogP contribution < -0.4 is 5.32 Å². The first-order chi connectivity index (χ1) is 14.3. The predicted molar refractivity (Wildman–Crippen MR) is 101 cm³/mol. The summed E-state index contributed by atoms with van der Waals surface area (Å²) in [4.78, 5) is 53.4. The van der Waals surface area contributed by atoms with Crippen LogP contribution in [0.4, 0.5) is 0 Å². The summed E-state index contributed by atoms with van der Waals surface area (Å²) in [5.74, 6) is -3.07. The molecule has 11 heteroatoms. The van der Waals surface area contributed by atoms with Crippen LogP contribution >= 0.6 is 0 Å². The summed E-state index contributed by atoms with van der Waals surface area (Å²) in [6.07, 6.45) is 0. The van der Waals surface area contributed by atoms with Crippen molar-refractivity contribution in [2.75, 3.05) is 19.6 Å². The van der Waals surface area contributed by atoms with Crippen molar-refractivity contribution in [3.8, 4) is 0 Å². The molecular formula is C19H15N3O7S. The molecule has 2 aromatic rings. The zero-order valence-corrected chi connectivity index (χ0v) is 16.2. The van der Waals surface area contributed by atoms with E-state index in [2.05, 4.69) is 5.32 Å². The summed E-state index contributed by atoms with van der Waals surface area (Å²) in [6, 6.07) is 11.0. The Morgan fingerprint density at radius 3 is 2.27 bits per heavy atom. The van der Waals surface area contributed by atoms with E-state index >= 15 is 0 Å². The lowest BCUT2D eigenvalue weighted by Gasteiger charge is -2.26. The van der Waals surface area contributed by atoms with Crippen molar-refractivity contribution in [1.82, 2.24) is 14.7 Å². The molecular weight excluding hydrogens is 414 g/mol. The average Bonchev–Trinajstić information content (AvgIpc) is 2.99. The van der Waals surface area contributed by atoms with Crippen molar-refractivity contribution in [3.05, 3.63) is 65.2 Å². The molecule has 1 N–H and O–H groups in total. The number of piperazine rings is 1. The Kier molecular flexibility index (Phi) is 4.84. The molecule has 2 aromatic carbocycles. The van der Waals surface area contributed by atoms with Gasteiger partial charge in [0.05, 0.1) is 28.1 Å².